The fourth-order valence-corrected chi connectivity index (χ4v) is 5.80. The fraction of sp³-hybridized carbons (Fsp3) is 0. The monoisotopic (exact) mass is 561 g/mol. The van der Waals surface area contributed by atoms with Crippen LogP contribution in [0.2, 0.25) is 0 Å². The standard InChI is InChI=1S/C41H27N3/c1-3-9-28(10-4-1)30-15-20-33(21-16-30)39-42-40(34-22-17-31(18-23-34)29-11-5-2-6-12-29)44-41(43-39)36-25-26-38-35(27-36)24-19-32-13-7-8-14-37(32)38/h1-27H. The molecule has 206 valence electrons. The van der Waals surface area contributed by atoms with Gasteiger partial charge < -0.3 is 0 Å². The van der Waals surface area contributed by atoms with E-state index in [1.807, 2.05) is 12.1 Å². The molecule has 0 saturated heterocycles. The van der Waals surface area contributed by atoms with Gasteiger partial charge in [0.15, 0.2) is 17.5 Å². The van der Waals surface area contributed by atoms with Crippen molar-refractivity contribution in [1.82, 2.24) is 15.0 Å². The van der Waals surface area contributed by atoms with E-state index in [2.05, 4.69) is 152 Å². The van der Waals surface area contributed by atoms with E-state index in [1.54, 1.807) is 0 Å². The van der Waals surface area contributed by atoms with Crippen molar-refractivity contribution in [2.45, 2.75) is 0 Å². The highest BCUT2D eigenvalue weighted by Gasteiger charge is 2.14. The van der Waals surface area contributed by atoms with Crippen LogP contribution in [0.5, 0.6) is 0 Å². The molecule has 0 radical (unpaired) electrons. The van der Waals surface area contributed by atoms with Crippen molar-refractivity contribution in [1.29, 1.82) is 0 Å². The Bertz CT molecular complexity index is 2140. The van der Waals surface area contributed by atoms with Gasteiger partial charge in [0.05, 0.1) is 0 Å². The topological polar surface area (TPSA) is 38.7 Å². The molecule has 0 aliphatic rings. The molecular formula is C41H27N3. The zero-order valence-electron chi connectivity index (χ0n) is 23.9. The van der Waals surface area contributed by atoms with Crippen LogP contribution in [0.1, 0.15) is 0 Å². The average Bonchev–Trinajstić information content (AvgIpc) is 3.12. The summed E-state index contributed by atoms with van der Waals surface area (Å²) in [7, 11) is 0. The van der Waals surface area contributed by atoms with Crippen LogP contribution in [0.25, 0.3) is 78.0 Å². The smallest absolute Gasteiger partial charge is 0.164 e. The quantitative estimate of drug-likeness (QED) is 0.196. The first-order chi connectivity index (χ1) is 21.8. The van der Waals surface area contributed by atoms with Gasteiger partial charge in [0.25, 0.3) is 0 Å². The minimum atomic E-state index is 0.648. The van der Waals surface area contributed by atoms with Crippen LogP contribution in [-0.2, 0) is 0 Å². The van der Waals surface area contributed by atoms with Gasteiger partial charge in [-0.25, -0.2) is 15.0 Å². The summed E-state index contributed by atoms with van der Waals surface area (Å²) >= 11 is 0. The van der Waals surface area contributed by atoms with E-state index in [9.17, 15) is 0 Å². The molecule has 0 aliphatic heterocycles. The Morgan fingerprint density at radius 3 is 1.20 bits per heavy atom. The van der Waals surface area contributed by atoms with Crippen LogP contribution in [0.4, 0.5) is 0 Å². The molecule has 0 fully saturated rings. The summed E-state index contributed by atoms with van der Waals surface area (Å²) < 4.78 is 0. The van der Waals surface area contributed by atoms with E-state index in [1.165, 1.54) is 27.3 Å². The van der Waals surface area contributed by atoms with Crippen molar-refractivity contribution in [3.05, 3.63) is 164 Å². The number of hydrogen-bond acceptors (Lipinski definition) is 3. The molecule has 0 unspecified atom stereocenters. The van der Waals surface area contributed by atoms with Gasteiger partial charge in [0, 0.05) is 16.7 Å². The van der Waals surface area contributed by atoms with E-state index < -0.39 is 0 Å². The summed E-state index contributed by atoms with van der Waals surface area (Å²) in [6.45, 7) is 0. The third kappa shape index (κ3) is 4.91. The minimum absolute atomic E-state index is 0.648. The van der Waals surface area contributed by atoms with Crippen LogP contribution in [0, 0.1) is 0 Å². The van der Waals surface area contributed by atoms with Gasteiger partial charge in [0.2, 0.25) is 0 Å². The van der Waals surface area contributed by atoms with Crippen molar-refractivity contribution in [3.63, 3.8) is 0 Å². The summed E-state index contributed by atoms with van der Waals surface area (Å²) in [6.07, 6.45) is 0. The molecule has 0 saturated carbocycles. The predicted octanol–water partition coefficient (Wildman–Crippen LogP) is 10.5. The van der Waals surface area contributed by atoms with Gasteiger partial charge >= 0.3 is 0 Å². The van der Waals surface area contributed by atoms with Crippen molar-refractivity contribution >= 4 is 21.5 Å². The molecule has 0 atom stereocenters. The number of rotatable bonds is 5. The fourth-order valence-electron chi connectivity index (χ4n) is 5.80. The van der Waals surface area contributed by atoms with Crippen LogP contribution in [0.15, 0.2) is 164 Å². The van der Waals surface area contributed by atoms with E-state index in [0.29, 0.717) is 17.5 Å². The number of nitrogens with zero attached hydrogens (tertiary/aromatic N) is 3. The van der Waals surface area contributed by atoms with Crippen molar-refractivity contribution in [2.24, 2.45) is 0 Å². The second-order valence-electron chi connectivity index (χ2n) is 10.9. The largest absolute Gasteiger partial charge is 0.208 e. The molecule has 3 heteroatoms. The molecule has 8 aromatic rings. The Labute approximate surface area is 256 Å². The SMILES string of the molecule is c1ccc(-c2ccc(-c3nc(-c4ccc(-c5ccccc5)cc4)nc(-c4ccc5c(ccc6ccccc65)c4)n3)cc2)cc1. The average molecular weight is 562 g/mol. The van der Waals surface area contributed by atoms with Crippen LogP contribution in [0.3, 0.4) is 0 Å². The normalized spacial score (nSPS) is 11.2. The maximum Gasteiger partial charge on any atom is 0.164 e. The summed E-state index contributed by atoms with van der Waals surface area (Å²) in [4.78, 5) is 15.0. The third-order valence-electron chi connectivity index (χ3n) is 8.14. The number of aromatic nitrogens is 3. The lowest BCUT2D eigenvalue weighted by molar-refractivity contribution is 1.07. The molecule has 3 nitrogen and oxygen atoms in total. The molecule has 8 rings (SSSR count). The lowest BCUT2D eigenvalue weighted by Crippen LogP contribution is -2.00. The maximum atomic E-state index is 5.01. The van der Waals surface area contributed by atoms with Crippen LogP contribution in [-0.4, -0.2) is 15.0 Å². The molecule has 0 aliphatic carbocycles. The Morgan fingerprint density at radius 1 is 0.250 bits per heavy atom. The van der Waals surface area contributed by atoms with Gasteiger partial charge in [0.1, 0.15) is 0 Å². The summed E-state index contributed by atoms with van der Waals surface area (Å²) in [5, 5.41) is 4.85. The van der Waals surface area contributed by atoms with Gasteiger partial charge in [-0.05, 0) is 49.9 Å². The summed E-state index contributed by atoms with van der Waals surface area (Å²) in [6, 6.07) is 57.0. The van der Waals surface area contributed by atoms with Crippen molar-refractivity contribution in [2.75, 3.05) is 0 Å². The first-order valence-corrected chi connectivity index (χ1v) is 14.8. The molecule has 0 amide bonds. The second kappa shape index (κ2) is 11.0. The lowest BCUT2D eigenvalue weighted by atomic mass is 10.00. The zero-order valence-corrected chi connectivity index (χ0v) is 23.9. The van der Waals surface area contributed by atoms with Gasteiger partial charge in [-0.3, -0.25) is 0 Å². The Balaban J connectivity index is 1.24. The number of benzene rings is 7. The van der Waals surface area contributed by atoms with E-state index in [-0.39, 0.29) is 0 Å². The molecule has 44 heavy (non-hydrogen) atoms. The Morgan fingerprint density at radius 2 is 0.636 bits per heavy atom. The highest BCUT2D eigenvalue weighted by atomic mass is 15.0. The van der Waals surface area contributed by atoms with Crippen molar-refractivity contribution in [3.8, 4) is 56.4 Å². The predicted molar refractivity (Wildman–Crippen MR) is 182 cm³/mol. The van der Waals surface area contributed by atoms with E-state index >= 15 is 0 Å². The van der Waals surface area contributed by atoms with Crippen LogP contribution >= 0.6 is 0 Å². The first-order valence-electron chi connectivity index (χ1n) is 14.8. The molecule has 0 bridgehead atoms. The first kappa shape index (κ1) is 25.8. The molecule has 0 N–H and O–H groups in total. The maximum absolute atomic E-state index is 5.01. The van der Waals surface area contributed by atoms with Crippen molar-refractivity contribution < 1.29 is 0 Å². The Hall–Kier alpha value is -5.93. The highest BCUT2D eigenvalue weighted by Crippen LogP contribution is 2.32. The zero-order chi connectivity index (χ0) is 29.3. The molecule has 1 aromatic heterocycles. The van der Waals surface area contributed by atoms with Gasteiger partial charge in [-0.1, -0.05) is 158 Å². The highest BCUT2D eigenvalue weighted by molar-refractivity contribution is 6.08. The number of hydrogen-bond donors (Lipinski definition) is 0. The molecule has 0 spiro atoms. The second-order valence-corrected chi connectivity index (χ2v) is 10.9. The molecule has 7 aromatic carbocycles. The summed E-state index contributed by atoms with van der Waals surface area (Å²) in [5.74, 6) is 1.95. The lowest BCUT2D eigenvalue weighted by Gasteiger charge is -2.11. The number of fused-ring (bicyclic) bond motifs is 3. The van der Waals surface area contributed by atoms with E-state index in [0.717, 1.165) is 33.2 Å². The minimum Gasteiger partial charge on any atom is -0.208 e. The van der Waals surface area contributed by atoms with Gasteiger partial charge in [-0.2, -0.15) is 0 Å². The van der Waals surface area contributed by atoms with E-state index in [4.69, 9.17) is 15.0 Å². The summed E-state index contributed by atoms with van der Waals surface area (Å²) in [5.41, 5.74) is 7.52. The van der Waals surface area contributed by atoms with Crippen LogP contribution < -0.4 is 0 Å². The molecular weight excluding hydrogens is 534 g/mol. The van der Waals surface area contributed by atoms with Gasteiger partial charge in [-0.15, -0.1) is 0 Å². The third-order valence-corrected chi connectivity index (χ3v) is 8.14. The molecule has 1 heterocycles. The Kier molecular flexibility index (Phi) is 6.47.